The summed E-state index contributed by atoms with van der Waals surface area (Å²) in [7, 11) is 0. The molecule has 4 aromatic rings. The van der Waals surface area contributed by atoms with Gasteiger partial charge in [0, 0.05) is 35.9 Å². The van der Waals surface area contributed by atoms with E-state index in [9.17, 15) is 65.4 Å². The number of carboxylic acid groups (broad SMARTS) is 1. The van der Waals surface area contributed by atoms with Crippen molar-refractivity contribution in [3.8, 4) is 34.3 Å². The van der Waals surface area contributed by atoms with Gasteiger partial charge in [-0.2, -0.15) is 0 Å². The molecule has 282 valence electrons. The fourth-order valence-electron chi connectivity index (χ4n) is 5.76. The number of phenolic OH excluding ortho intramolecular Hbond substituents is 3. The van der Waals surface area contributed by atoms with Gasteiger partial charge in [0.15, 0.2) is 29.1 Å². The molecule has 0 amide bonds. The van der Waals surface area contributed by atoms with Gasteiger partial charge in [0.2, 0.25) is 12.6 Å². The lowest BCUT2D eigenvalue weighted by atomic mass is 9.97. The number of phenols is 3. The Balaban J connectivity index is 1.36. The van der Waals surface area contributed by atoms with Crippen LogP contribution in [0.1, 0.15) is 11.1 Å². The maximum absolute atomic E-state index is 13.4. The van der Waals surface area contributed by atoms with Gasteiger partial charge in [0.25, 0.3) is 0 Å². The minimum absolute atomic E-state index is 0.118. The minimum atomic E-state index is -2.23. The number of hydrogen-bond acceptors (Lipinski definition) is 19. The van der Waals surface area contributed by atoms with E-state index < -0.39 is 96.0 Å². The Labute approximate surface area is 295 Å². The molecule has 0 unspecified atom stereocenters. The predicted molar refractivity (Wildman–Crippen MR) is 172 cm³/mol. The maximum atomic E-state index is 13.4. The number of pyridine rings is 1. The van der Waals surface area contributed by atoms with E-state index in [0.29, 0.717) is 5.56 Å². The van der Waals surface area contributed by atoms with Crippen molar-refractivity contribution in [1.29, 1.82) is 0 Å². The van der Waals surface area contributed by atoms with Crippen LogP contribution in [-0.2, 0) is 30.2 Å². The van der Waals surface area contributed by atoms with Crippen molar-refractivity contribution in [2.24, 2.45) is 0 Å². The first-order valence-electron chi connectivity index (χ1n) is 15.6. The summed E-state index contributed by atoms with van der Waals surface area (Å²) in [6.45, 7) is 0. The number of aromatic hydroxyl groups is 3. The number of nitrogen functional groups attached to an aromatic ring is 1. The molecule has 0 aliphatic carbocycles. The second-order valence-electron chi connectivity index (χ2n) is 12.2. The standard InChI is InChI=1S/C33H32N2O18/c34-19-4-1-10(9-35-19)5-12-17(8-18-20(21(12)39)15(38)7-16(49-18)11-2-3-13(36)14(37)6-11)50-32-26(44)23(41)25(43)29(52-32)31(48)53-33-27(45)22(40)24(42)28(51-33)30(46)47/h1-4,6-9,22-29,32-33,36-37,39-45H,5H2,(H2,34,35)(H,46,47)/t22-,23-,24-,25-,26+,27+,28-,29-,32+,33-/m0/s1. The number of benzene rings is 2. The molecule has 6 rings (SSSR count). The van der Waals surface area contributed by atoms with Crippen LogP contribution in [0.2, 0.25) is 0 Å². The third-order valence-corrected chi connectivity index (χ3v) is 8.64. The summed E-state index contributed by atoms with van der Waals surface area (Å²) in [5.74, 6) is -5.33. The third-order valence-electron chi connectivity index (χ3n) is 8.64. The zero-order valence-corrected chi connectivity index (χ0v) is 26.9. The molecule has 20 heteroatoms. The highest BCUT2D eigenvalue weighted by molar-refractivity contribution is 5.88. The summed E-state index contributed by atoms with van der Waals surface area (Å²) in [6, 6.07) is 8.73. The fourth-order valence-corrected chi connectivity index (χ4v) is 5.76. The van der Waals surface area contributed by atoms with Gasteiger partial charge in [-0.3, -0.25) is 4.79 Å². The topological polar surface area (TPSA) is 342 Å². The normalized spacial score (nSPS) is 28.7. The van der Waals surface area contributed by atoms with E-state index >= 15 is 0 Å². The molecular weight excluding hydrogens is 712 g/mol. The number of fused-ring (bicyclic) bond motifs is 1. The largest absolute Gasteiger partial charge is 0.507 e. The second kappa shape index (κ2) is 14.4. The lowest BCUT2D eigenvalue weighted by Gasteiger charge is -2.41. The summed E-state index contributed by atoms with van der Waals surface area (Å²) < 4.78 is 27.1. The molecule has 0 bridgehead atoms. The van der Waals surface area contributed by atoms with Crippen LogP contribution in [0.5, 0.6) is 23.0 Å². The Kier molecular flexibility index (Phi) is 10.1. The molecule has 0 spiro atoms. The molecule has 2 aliphatic rings. The van der Waals surface area contributed by atoms with Crippen LogP contribution in [0.3, 0.4) is 0 Å². The van der Waals surface area contributed by atoms with Crippen molar-refractivity contribution in [3.05, 3.63) is 70.0 Å². The average molecular weight is 745 g/mol. The van der Waals surface area contributed by atoms with E-state index in [-0.39, 0.29) is 45.8 Å². The highest BCUT2D eigenvalue weighted by Gasteiger charge is 2.52. The van der Waals surface area contributed by atoms with Crippen LogP contribution < -0.4 is 15.9 Å². The quantitative estimate of drug-likeness (QED) is 0.0671. The first kappa shape index (κ1) is 37.2. The van der Waals surface area contributed by atoms with E-state index in [1.54, 1.807) is 6.07 Å². The third kappa shape index (κ3) is 7.12. The zero-order chi connectivity index (χ0) is 38.5. The van der Waals surface area contributed by atoms with Crippen molar-refractivity contribution in [3.63, 3.8) is 0 Å². The number of aromatic nitrogens is 1. The maximum Gasteiger partial charge on any atom is 0.340 e. The van der Waals surface area contributed by atoms with Gasteiger partial charge in [-0.25, -0.2) is 14.6 Å². The molecule has 4 heterocycles. The Hall–Kier alpha value is -5.58. The van der Waals surface area contributed by atoms with Gasteiger partial charge in [-0.05, 0) is 29.8 Å². The molecule has 2 aliphatic heterocycles. The van der Waals surface area contributed by atoms with Crippen LogP contribution in [0.25, 0.3) is 22.3 Å². The van der Waals surface area contributed by atoms with Crippen molar-refractivity contribution in [1.82, 2.24) is 4.98 Å². The van der Waals surface area contributed by atoms with Gasteiger partial charge in [-0.15, -0.1) is 0 Å². The molecule has 2 saturated heterocycles. The first-order valence-corrected chi connectivity index (χ1v) is 15.6. The number of aliphatic hydroxyl groups excluding tert-OH is 6. The SMILES string of the molecule is Nc1ccc(Cc2c(O[C@@H]3O[C@H](C(=O)O[C@@H]4O[C@H](C(=O)O)[C@@H](O)[C@H](O)[C@H]4O)[C@@H](O)[C@H](O)[C@H]3O)cc3oc(-c4ccc(O)c(O)c4)cc(=O)c3c2O)cn1. The summed E-state index contributed by atoms with van der Waals surface area (Å²) in [4.78, 5) is 42.0. The fraction of sp³-hybridized carbons (Fsp3) is 0.333. The lowest BCUT2D eigenvalue weighted by molar-refractivity contribution is -0.302. The zero-order valence-electron chi connectivity index (χ0n) is 26.9. The molecule has 10 atom stereocenters. The van der Waals surface area contributed by atoms with Crippen molar-refractivity contribution >= 4 is 28.7 Å². The Bertz CT molecular complexity index is 2090. The second-order valence-corrected chi connectivity index (χ2v) is 12.2. The van der Waals surface area contributed by atoms with Crippen molar-refractivity contribution in [2.75, 3.05) is 5.73 Å². The number of ether oxygens (including phenoxy) is 4. The minimum Gasteiger partial charge on any atom is -0.507 e. The number of carbonyl (C=O) groups is 2. The molecule has 2 fully saturated rings. The van der Waals surface area contributed by atoms with Crippen molar-refractivity contribution < 1.29 is 84.0 Å². The molecule has 12 N–H and O–H groups in total. The Morgan fingerprint density at radius 2 is 1.45 bits per heavy atom. The van der Waals surface area contributed by atoms with Crippen LogP contribution in [0, 0.1) is 0 Å². The van der Waals surface area contributed by atoms with Gasteiger partial charge < -0.3 is 80.2 Å². The Morgan fingerprint density at radius 1 is 0.792 bits per heavy atom. The smallest absolute Gasteiger partial charge is 0.340 e. The number of carboxylic acids is 1. The molecule has 53 heavy (non-hydrogen) atoms. The van der Waals surface area contributed by atoms with E-state index in [0.717, 1.165) is 24.3 Å². The summed E-state index contributed by atoms with van der Waals surface area (Å²) in [5, 5.41) is 103. The number of anilines is 1. The number of hydrogen-bond donors (Lipinski definition) is 11. The lowest BCUT2D eigenvalue weighted by Crippen LogP contribution is -2.63. The molecule has 0 saturated carbocycles. The molecule has 2 aromatic carbocycles. The van der Waals surface area contributed by atoms with Crippen LogP contribution in [0.15, 0.2) is 57.9 Å². The van der Waals surface area contributed by atoms with Crippen LogP contribution >= 0.6 is 0 Å². The van der Waals surface area contributed by atoms with Gasteiger partial charge in [0.1, 0.15) is 70.7 Å². The summed E-state index contributed by atoms with van der Waals surface area (Å²) >= 11 is 0. The summed E-state index contributed by atoms with van der Waals surface area (Å²) in [5.41, 5.74) is 5.09. The van der Waals surface area contributed by atoms with Gasteiger partial charge >= 0.3 is 11.9 Å². The average Bonchev–Trinajstić information content (AvgIpc) is 3.11. The van der Waals surface area contributed by atoms with Gasteiger partial charge in [0.05, 0.1) is 0 Å². The number of esters is 1. The predicted octanol–water partition coefficient (Wildman–Crippen LogP) is -2.23. The molecule has 20 nitrogen and oxygen atoms in total. The Morgan fingerprint density at radius 3 is 2.09 bits per heavy atom. The van der Waals surface area contributed by atoms with E-state index in [1.807, 2.05) is 0 Å². The number of carbonyl (C=O) groups excluding carboxylic acids is 1. The number of aliphatic hydroxyl groups is 6. The number of nitrogens with two attached hydrogens (primary N) is 1. The monoisotopic (exact) mass is 744 g/mol. The van der Waals surface area contributed by atoms with Crippen molar-refractivity contribution in [2.45, 2.75) is 67.8 Å². The van der Waals surface area contributed by atoms with E-state index in [4.69, 9.17) is 29.1 Å². The van der Waals surface area contributed by atoms with E-state index in [2.05, 4.69) is 4.98 Å². The molecular formula is C33H32N2O18. The number of rotatable bonds is 8. The van der Waals surface area contributed by atoms with Crippen LogP contribution in [0.4, 0.5) is 5.82 Å². The summed E-state index contributed by atoms with van der Waals surface area (Å²) in [6.07, 6.45) is -20.5. The number of aliphatic carboxylic acids is 1. The first-order chi connectivity index (χ1) is 25.0. The number of nitrogens with zero attached hydrogens (tertiary/aromatic N) is 1. The highest BCUT2D eigenvalue weighted by atomic mass is 16.7. The van der Waals surface area contributed by atoms with Gasteiger partial charge in [-0.1, -0.05) is 6.07 Å². The van der Waals surface area contributed by atoms with E-state index in [1.165, 1.54) is 18.3 Å². The molecule has 0 radical (unpaired) electrons. The molecule has 2 aromatic heterocycles. The highest BCUT2D eigenvalue weighted by Crippen LogP contribution is 2.40. The van der Waals surface area contributed by atoms with Crippen LogP contribution in [-0.4, -0.2) is 129 Å².